The standard InChI is InChI=1S/C16H20N2O2/c1-2-17-12-14-4-3-10-18-16(14)20-15-7-5-13(6-8-15)9-11-19/h3-8,10,17,19H,2,9,11-12H2,1H3. The number of hydrogen-bond donors (Lipinski definition) is 2. The summed E-state index contributed by atoms with van der Waals surface area (Å²) < 4.78 is 5.83. The topological polar surface area (TPSA) is 54.4 Å². The van der Waals surface area contributed by atoms with Crippen LogP contribution in [-0.4, -0.2) is 23.2 Å². The fourth-order valence-corrected chi connectivity index (χ4v) is 1.88. The highest BCUT2D eigenvalue weighted by Gasteiger charge is 2.05. The van der Waals surface area contributed by atoms with Gasteiger partial charge < -0.3 is 15.2 Å². The van der Waals surface area contributed by atoms with Crippen LogP contribution in [0.5, 0.6) is 11.6 Å². The van der Waals surface area contributed by atoms with Crippen LogP contribution in [-0.2, 0) is 13.0 Å². The number of ether oxygens (including phenoxy) is 1. The first-order valence-corrected chi connectivity index (χ1v) is 6.85. The molecule has 0 amide bonds. The first-order chi connectivity index (χ1) is 9.83. The van der Waals surface area contributed by atoms with Crippen LogP contribution in [0.25, 0.3) is 0 Å². The molecule has 4 nitrogen and oxygen atoms in total. The third kappa shape index (κ3) is 4.05. The van der Waals surface area contributed by atoms with Crippen molar-refractivity contribution in [3.8, 4) is 11.6 Å². The Kier molecular flexibility index (Phi) is 5.53. The van der Waals surface area contributed by atoms with Crippen molar-refractivity contribution in [2.45, 2.75) is 19.9 Å². The molecule has 0 saturated heterocycles. The van der Waals surface area contributed by atoms with Crippen LogP contribution in [0.4, 0.5) is 0 Å². The van der Waals surface area contributed by atoms with Gasteiger partial charge in [0.05, 0.1) is 0 Å². The second kappa shape index (κ2) is 7.62. The first kappa shape index (κ1) is 14.5. The summed E-state index contributed by atoms with van der Waals surface area (Å²) in [5.41, 5.74) is 2.13. The molecule has 1 heterocycles. The Labute approximate surface area is 119 Å². The maximum absolute atomic E-state index is 8.89. The van der Waals surface area contributed by atoms with E-state index in [-0.39, 0.29) is 6.61 Å². The fourth-order valence-electron chi connectivity index (χ4n) is 1.88. The minimum atomic E-state index is 0.160. The van der Waals surface area contributed by atoms with Crippen molar-refractivity contribution in [1.29, 1.82) is 0 Å². The van der Waals surface area contributed by atoms with Gasteiger partial charge in [0.2, 0.25) is 5.88 Å². The van der Waals surface area contributed by atoms with Crippen molar-refractivity contribution in [3.05, 3.63) is 53.7 Å². The van der Waals surface area contributed by atoms with E-state index in [2.05, 4.69) is 17.2 Å². The quantitative estimate of drug-likeness (QED) is 0.813. The predicted octanol–water partition coefficient (Wildman–Crippen LogP) is 2.52. The molecule has 0 bridgehead atoms. The zero-order chi connectivity index (χ0) is 14.2. The van der Waals surface area contributed by atoms with E-state index in [9.17, 15) is 0 Å². The van der Waals surface area contributed by atoms with Gasteiger partial charge in [0, 0.05) is 24.9 Å². The summed E-state index contributed by atoms with van der Waals surface area (Å²) in [6.45, 7) is 3.87. The average Bonchev–Trinajstić information content (AvgIpc) is 2.49. The SMILES string of the molecule is CCNCc1cccnc1Oc1ccc(CCO)cc1. The van der Waals surface area contributed by atoms with Gasteiger partial charge in [-0.1, -0.05) is 25.1 Å². The summed E-state index contributed by atoms with van der Waals surface area (Å²) in [5, 5.41) is 12.2. The van der Waals surface area contributed by atoms with Gasteiger partial charge in [0.25, 0.3) is 0 Å². The molecule has 1 aromatic heterocycles. The summed E-state index contributed by atoms with van der Waals surface area (Å²) >= 11 is 0. The van der Waals surface area contributed by atoms with Gasteiger partial charge in [-0.05, 0) is 36.7 Å². The molecule has 0 atom stereocenters. The predicted molar refractivity (Wildman–Crippen MR) is 78.9 cm³/mol. The molecule has 2 rings (SSSR count). The van der Waals surface area contributed by atoms with Crippen molar-refractivity contribution >= 4 is 0 Å². The number of aromatic nitrogens is 1. The zero-order valence-electron chi connectivity index (χ0n) is 11.7. The number of rotatable bonds is 7. The van der Waals surface area contributed by atoms with E-state index < -0.39 is 0 Å². The third-order valence-corrected chi connectivity index (χ3v) is 2.95. The van der Waals surface area contributed by atoms with Crippen LogP contribution in [0.3, 0.4) is 0 Å². The second-order valence-corrected chi connectivity index (χ2v) is 4.47. The van der Waals surface area contributed by atoms with E-state index in [0.29, 0.717) is 12.3 Å². The zero-order valence-corrected chi connectivity index (χ0v) is 11.7. The molecule has 0 aliphatic rings. The van der Waals surface area contributed by atoms with Crippen LogP contribution < -0.4 is 10.1 Å². The largest absolute Gasteiger partial charge is 0.439 e. The molecule has 2 N–H and O–H groups in total. The Morgan fingerprint density at radius 2 is 2.00 bits per heavy atom. The molecular weight excluding hydrogens is 252 g/mol. The van der Waals surface area contributed by atoms with Crippen LogP contribution in [0.1, 0.15) is 18.1 Å². The van der Waals surface area contributed by atoms with Gasteiger partial charge in [-0.15, -0.1) is 0 Å². The van der Waals surface area contributed by atoms with Crippen LogP contribution in [0, 0.1) is 0 Å². The first-order valence-electron chi connectivity index (χ1n) is 6.85. The van der Waals surface area contributed by atoms with E-state index in [4.69, 9.17) is 9.84 Å². The second-order valence-electron chi connectivity index (χ2n) is 4.47. The van der Waals surface area contributed by atoms with Crippen molar-refractivity contribution in [1.82, 2.24) is 10.3 Å². The number of nitrogens with zero attached hydrogens (tertiary/aromatic N) is 1. The van der Waals surface area contributed by atoms with E-state index >= 15 is 0 Å². The maximum Gasteiger partial charge on any atom is 0.223 e. The Hall–Kier alpha value is -1.91. The lowest BCUT2D eigenvalue weighted by atomic mass is 10.1. The molecular formula is C16H20N2O2. The highest BCUT2D eigenvalue weighted by molar-refractivity contribution is 5.34. The molecule has 0 fully saturated rings. The van der Waals surface area contributed by atoms with Gasteiger partial charge in [0.1, 0.15) is 5.75 Å². The molecule has 0 aliphatic carbocycles. The highest BCUT2D eigenvalue weighted by atomic mass is 16.5. The Bertz CT molecular complexity index is 526. The number of aliphatic hydroxyl groups is 1. The lowest BCUT2D eigenvalue weighted by Crippen LogP contribution is -2.12. The molecule has 2 aromatic rings. The number of aliphatic hydroxyl groups excluding tert-OH is 1. The van der Waals surface area contributed by atoms with Crippen molar-refractivity contribution in [2.75, 3.05) is 13.2 Å². The average molecular weight is 272 g/mol. The molecule has 0 aliphatic heterocycles. The van der Waals surface area contributed by atoms with Crippen molar-refractivity contribution < 1.29 is 9.84 Å². The third-order valence-electron chi connectivity index (χ3n) is 2.95. The molecule has 4 heteroatoms. The summed E-state index contributed by atoms with van der Waals surface area (Å²) in [7, 11) is 0. The van der Waals surface area contributed by atoms with Crippen molar-refractivity contribution in [3.63, 3.8) is 0 Å². The minimum absolute atomic E-state index is 0.160. The molecule has 20 heavy (non-hydrogen) atoms. The van der Waals surface area contributed by atoms with E-state index in [1.165, 1.54) is 0 Å². The Morgan fingerprint density at radius 1 is 1.20 bits per heavy atom. The monoisotopic (exact) mass is 272 g/mol. The van der Waals surface area contributed by atoms with Crippen LogP contribution >= 0.6 is 0 Å². The summed E-state index contributed by atoms with van der Waals surface area (Å²) in [5.74, 6) is 1.38. The summed E-state index contributed by atoms with van der Waals surface area (Å²) in [6.07, 6.45) is 2.39. The van der Waals surface area contributed by atoms with E-state index in [1.807, 2.05) is 36.4 Å². The molecule has 106 valence electrons. The van der Waals surface area contributed by atoms with Crippen LogP contribution in [0.2, 0.25) is 0 Å². The van der Waals surface area contributed by atoms with Gasteiger partial charge >= 0.3 is 0 Å². The molecule has 0 unspecified atom stereocenters. The Balaban J connectivity index is 2.08. The number of nitrogens with one attached hydrogen (secondary N) is 1. The van der Waals surface area contributed by atoms with Crippen molar-refractivity contribution in [2.24, 2.45) is 0 Å². The Morgan fingerprint density at radius 3 is 2.70 bits per heavy atom. The smallest absolute Gasteiger partial charge is 0.223 e. The van der Waals surface area contributed by atoms with Gasteiger partial charge in [0.15, 0.2) is 0 Å². The van der Waals surface area contributed by atoms with E-state index in [1.54, 1.807) is 6.20 Å². The normalized spacial score (nSPS) is 10.5. The van der Waals surface area contributed by atoms with E-state index in [0.717, 1.165) is 30.0 Å². The van der Waals surface area contributed by atoms with Gasteiger partial charge in [-0.2, -0.15) is 0 Å². The van der Waals surface area contributed by atoms with Gasteiger partial charge in [-0.3, -0.25) is 0 Å². The lowest BCUT2D eigenvalue weighted by molar-refractivity contribution is 0.299. The summed E-state index contributed by atoms with van der Waals surface area (Å²) in [6, 6.07) is 11.6. The molecule has 0 spiro atoms. The summed E-state index contributed by atoms with van der Waals surface area (Å²) in [4.78, 5) is 4.28. The molecule has 0 radical (unpaired) electrons. The molecule has 1 aromatic carbocycles. The minimum Gasteiger partial charge on any atom is -0.439 e. The van der Waals surface area contributed by atoms with Crippen LogP contribution in [0.15, 0.2) is 42.6 Å². The number of benzene rings is 1. The molecule has 0 saturated carbocycles. The number of pyridine rings is 1. The number of hydrogen-bond acceptors (Lipinski definition) is 4. The van der Waals surface area contributed by atoms with Gasteiger partial charge in [-0.25, -0.2) is 4.98 Å². The maximum atomic E-state index is 8.89. The fraction of sp³-hybridized carbons (Fsp3) is 0.312. The highest BCUT2D eigenvalue weighted by Crippen LogP contribution is 2.23. The lowest BCUT2D eigenvalue weighted by Gasteiger charge is -2.10.